The lowest BCUT2D eigenvalue weighted by Gasteiger charge is -1.92. The summed E-state index contributed by atoms with van der Waals surface area (Å²) >= 11 is 6.19. The Morgan fingerprint density at radius 3 is 3.00 bits per heavy atom. The maximum atomic E-state index is 10.2. The van der Waals surface area contributed by atoms with Crippen molar-refractivity contribution in [2.75, 3.05) is 5.75 Å². The Kier molecular flexibility index (Phi) is 3.42. The van der Waals surface area contributed by atoms with Crippen LogP contribution in [0.25, 0.3) is 0 Å². The first-order valence-corrected chi connectivity index (χ1v) is 5.43. The predicted molar refractivity (Wildman–Crippen MR) is 50.4 cm³/mol. The van der Waals surface area contributed by atoms with Crippen LogP contribution in [0.15, 0.2) is 20.1 Å². The zero-order valence-electron chi connectivity index (χ0n) is 5.41. The molecule has 1 N–H and O–H groups in total. The molecule has 1 aromatic rings. The van der Waals surface area contributed by atoms with Crippen LogP contribution in [-0.2, 0) is 4.79 Å². The van der Waals surface area contributed by atoms with Crippen molar-refractivity contribution in [3.05, 3.63) is 15.9 Å². The number of carboxylic acids is 1. The number of thiophene rings is 1. The average molecular weight is 253 g/mol. The molecule has 5 heteroatoms. The minimum absolute atomic E-state index is 0.124. The molecule has 11 heavy (non-hydrogen) atoms. The fraction of sp³-hybridized carbons (Fsp3) is 0.167. The van der Waals surface area contributed by atoms with Crippen LogP contribution >= 0.6 is 39.0 Å². The van der Waals surface area contributed by atoms with Gasteiger partial charge in [0.15, 0.2) is 0 Å². The van der Waals surface area contributed by atoms with E-state index in [-0.39, 0.29) is 5.75 Å². The van der Waals surface area contributed by atoms with Crippen molar-refractivity contribution in [1.29, 1.82) is 0 Å². The molecule has 1 heterocycles. The van der Waals surface area contributed by atoms with E-state index in [0.29, 0.717) is 0 Å². The van der Waals surface area contributed by atoms with Gasteiger partial charge in [-0.3, -0.25) is 4.79 Å². The van der Waals surface area contributed by atoms with E-state index in [9.17, 15) is 4.79 Å². The molecule has 0 aliphatic rings. The van der Waals surface area contributed by atoms with Crippen molar-refractivity contribution < 1.29 is 9.90 Å². The zero-order chi connectivity index (χ0) is 8.27. The second-order valence-corrected chi connectivity index (χ2v) is 4.75. The van der Waals surface area contributed by atoms with Crippen molar-refractivity contribution in [2.45, 2.75) is 4.21 Å². The summed E-state index contributed by atoms with van der Waals surface area (Å²) in [5, 5.41) is 10.3. The number of thioether (sulfide) groups is 1. The third-order valence-corrected chi connectivity index (χ3v) is 4.32. The third kappa shape index (κ3) is 2.84. The summed E-state index contributed by atoms with van der Waals surface area (Å²) in [5.74, 6) is -0.658. The molecular weight excluding hydrogens is 248 g/mol. The number of rotatable bonds is 3. The molecule has 0 aromatic carbocycles. The fourth-order valence-electron chi connectivity index (χ4n) is 0.510. The van der Waals surface area contributed by atoms with Crippen molar-refractivity contribution in [3.8, 4) is 0 Å². The van der Waals surface area contributed by atoms with Crippen molar-refractivity contribution >= 4 is 45.0 Å². The van der Waals surface area contributed by atoms with Crippen LogP contribution in [0.2, 0.25) is 0 Å². The van der Waals surface area contributed by atoms with E-state index < -0.39 is 5.97 Å². The molecule has 0 fully saturated rings. The first kappa shape index (κ1) is 9.09. The van der Waals surface area contributed by atoms with E-state index in [2.05, 4.69) is 15.9 Å². The molecule has 0 atom stereocenters. The van der Waals surface area contributed by atoms with Gasteiger partial charge in [0.2, 0.25) is 0 Å². The predicted octanol–water partition coefficient (Wildman–Crippen LogP) is 2.69. The monoisotopic (exact) mass is 252 g/mol. The summed E-state index contributed by atoms with van der Waals surface area (Å²) in [6, 6.07) is 1.91. The third-order valence-electron chi connectivity index (χ3n) is 0.911. The topological polar surface area (TPSA) is 37.3 Å². The Labute approximate surface area is 80.7 Å². The second-order valence-electron chi connectivity index (χ2n) is 1.74. The van der Waals surface area contributed by atoms with Crippen LogP contribution in [0, 0.1) is 0 Å². The molecule has 2 nitrogen and oxygen atoms in total. The summed E-state index contributed by atoms with van der Waals surface area (Å²) < 4.78 is 2.00. The first-order chi connectivity index (χ1) is 5.20. The highest BCUT2D eigenvalue weighted by Crippen LogP contribution is 2.32. The van der Waals surface area contributed by atoms with Gasteiger partial charge < -0.3 is 5.11 Å². The lowest BCUT2D eigenvalue weighted by Crippen LogP contribution is -1.96. The van der Waals surface area contributed by atoms with E-state index in [1.165, 1.54) is 11.8 Å². The Balaban J connectivity index is 2.51. The summed E-state index contributed by atoms with van der Waals surface area (Å²) in [4.78, 5) is 10.2. The molecule has 1 aromatic heterocycles. The molecule has 60 valence electrons. The molecular formula is C6H5BrO2S2. The van der Waals surface area contributed by atoms with E-state index in [0.717, 1.165) is 8.68 Å². The van der Waals surface area contributed by atoms with Gasteiger partial charge in [-0.15, -0.1) is 23.1 Å². The van der Waals surface area contributed by atoms with E-state index in [1.807, 2.05) is 11.4 Å². The van der Waals surface area contributed by atoms with Gasteiger partial charge in [0.05, 0.1) is 9.96 Å². The Hall–Kier alpha value is -0.000000000000000111. The quantitative estimate of drug-likeness (QED) is 0.841. The fourth-order valence-corrected chi connectivity index (χ4v) is 3.03. The average Bonchev–Trinajstić information content (AvgIpc) is 2.31. The van der Waals surface area contributed by atoms with Gasteiger partial charge in [0.1, 0.15) is 0 Å². The van der Waals surface area contributed by atoms with Crippen LogP contribution in [0.3, 0.4) is 0 Å². The minimum atomic E-state index is -0.782. The molecule has 0 amide bonds. The normalized spacial score (nSPS) is 9.91. The van der Waals surface area contributed by atoms with Crippen LogP contribution in [-0.4, -0.2) is 16.8 Å². The Bertz CT molecular complexity index is 259. The SMILES string of the molecule is O=C(O)CSc1sccc1Br. The highest BCUT2D eigenvalue weighted by atomic mass is 79.9. The molecule has 0 bridgehead atoms. The van der Waals surface area contributed by atoms with Gasteiger partial charge in [-0.25, -0.2) is 0 Å². The van der Waals surface area contributed by atoms with Crippen LogP contribution in [0.4, 0.5) is 0 Å². The minimum Gasteiger partial charge on any atom is -0.481 e. The van der Waals surface area contributed by atoms with Crippen LogP contribution < -0.4 is 0 Å². The molecule has 0 unspecified atom stereocenters. The number of halogens is 1. The van der Waals surface area contributed by atoms with Gasteiger partial charge in [-0.2, -0.15) is 0 Å². The Morgan fingerprint density at radius 1 is 1.82 bits per heavy atom. The van der Waals surface area contributed by atoms with E-state index >= 15 is 0 Å². The molecule has 0 radical (unpaired) electrons. The molecule has 0 aliphatic carbocycles. The maximum Gasteiger partial charge on any atom is 0.313 e. The number of carbonyl (C=O) groups is 1. The summed E-state index contributed by atoms with van der Waals surface area (Å²) in [6.07, 6.45) is 0. The number of hydrogen-bond donors (Lipinski definition) is 1. The van der Waals surface area contributed by atoms with Gasteiger partial charge in [0, 0.05) is 4.47 Å². The van der Waals surface area contributed by atoms with Crippen molar-refractivity contribution in [1.82, 2.24) is 0 Å². The molecule has 0 spiro atoms. The molecule has 0 saturated heterocycles. The first-order valence-electron chi connectivity index (χ1n) is 2.77. The van der Waals surface area contributed by atoms with Crippen molar-refractivity contribution in [2.24, 2.45) is 0 Å². The van der Waals surface area contributed by atoms with Crippen LogP contribution in [0.5, 0.6) is 0 Å². The molecule has 0 saturated carbocycles. The number of hydrogen-bond acceptors (Lipinski definition) is 3. The Morgan fingerprint density at radius 2 is 2.55 bits per heavy atom. The van der Waals surface area contributed by atoms with E-state index in [1.54, 1.807) is 11.3 Å². The van der Waals surface area contributed by atoms with Gasteiger partial charge >= 0.3 is 5.97 Å². The second kappa shape index (κ2) is 4.13. The summed E-state index contributed by atoms with van der Waals surface area (Å²) in [5.41, 5.74) is 0. The maximum absolute atomic E-state index is 10.2. The molecule has 0 aliphatic heterocycles. The van der Waals surface area contributed by atoms with Gasteiger partial charge in [-0.05, 0) is 27.4 Å². The molecule has 1 rings (SSSR count). The highest BCUT2D eigenvalue weighted by Gasteiger charge is 2.03. The standard InChI is InChI=1S/C6H5BrO2S2/c7-4-1-2-10-6(4)11-3-5(8)9/h1-2H,3H2,(H,8,9). The van der Waals surface area contributed by atoms with Crippen LogP contribution in [0.1, 0.15) is 0 Å². The lowest BCUT2D eigenvalue weighted by atomic mass is 10.7. The van der Waals surface area contributed by atoms with E-state index in [4.69, 9.17) is 5.11 Å². The van der Waals surface area contributed by atoms with Crippen molar-refractivity contribution in [3.63, 3.8) is 0 Å². The smallest absolute Gasteiger partial charge is 0.313 e. The highest BCUT2D eigenvalue weighted by molar-refractivity contribution is 9.10. The summed E-state index contributed by atoms with van der Waals surface area (Å²) in [7, 11) is 0. The zero-order valence-corrected chi connectivity index (χ0v) is 8.63. The largest absolute Gasteiger partial charge is 0.481 e. The number of carboxylic acid groups (broad SMARTS) is 1. The summed E-state index contributed by atoms with van der Waals surface area (Å²) in [6.45, 7) is 0. The lowest BCUT2D eigenvalue weighted by molar-refractivity contribution is -0.133. The number of aliphatic carboxylic acids is 1. The van der Waals surface area contributed by atoms with Gasteiger partial charge in [0.25, 0.3) is 0 Å². The van der Waals surface area contributed by atoms with Gasteiger partial charge in [-0.1, -0.05) is 0 Å².